The van der Waals surface area contributed by atoms with Crippen molar-refractivity contribution in [3.8, 4) is 6.07 Å². The molecule has 4 rings (SSSR count). The summed E-state index contributed by atoms with van der Waals surface area (Å²) in [4.78, 5) is 2.18. The number of rotatable bonds is 1. The molecule has 21 heavy (non-hydrogen) atoms. The predicted octanol–water partition coefficient (Wildman–Crippen LogP) is 0.986. The van der Waals surface area contributed by atoms with E-state index in [-0.39, 0.29) is 0 Å². The highest BCUT2D eigenvalue weighted by Gasteiger charge is 2.22. The van der Waals surface area contributed by atoms with E-state index in [0.29, 0.717) is 24.4 Å². The van der Waals surface area contributed by atoms with Gasteiger partial charge in [0, 0.05) is 18.5 Å². The maximum absolute atomic E-state index is 9.61. The molecule has 104 valence electrons. The number of anilines is 1. The molecule has 1 fully saturated rings. The van der Waals surface area contributed by atoms with Crippen LogP contribution in [0.1, 0.15) is 5.56 Å². The third-order valence-electron chi connectivity index (χ3n) is 3.76. The lowest BCUT2D eigenvalue weighted by Crippen LogP contribution is -2.37. The van der Waals surface area contributed by atoms with E-state index < -0.39 is 0 Å². The molecule has 0 amide bonds. The molecule has 0 bridgehead atoms. The molecule has 3 aromatic rings. The van der Waals surface area contributed by atoms with Crippen molar-refractivity contribution in [3.63, 3.8) is 0 Å². The van der Waals surface area contributed by atoms with Crippen molar-refractivity contribution in [1.29, 1.82) is 5.26 Å². The zero-order chi connectivity index (χ0) is 14.2. The van der Waals surface area contributed by atoms with Crippen molar-refractivity contribution in [3.05, 3.63) is 29.8 Å². The van der Waals surface area contributed by atoms with Gasteiger partial charge in [-0.2, -0.15) is 9.78 Å². The van der Waals surface area contributed by atoms with Crippen molar-refractivity contribution >= 4 is 22.2 Å². The average Bonchev–Trinajstić information content (AvgIpc) is 3.04. The Morgan fingerprint density at radius 2 is 2.00 bits per heavy atom. The van der Waals surface area contributed by atoms with Crippen LogP contribution in [0.3, 0.4) is 0 Å². The van der Waals surface area contributed by atoms with Crippen molar-refractivity contribution in [1.82, 2.24) is 20.0 Å². The van der Waals surface area contributed by atoms with Gasteiger partial charge in [0.15, 0.2) is 5.65 Å². The zero-order valence-electron chi connectivity index (χ0n) is 11.2. The van der Waals surface area contributed by atoms with Crippen LogP contribution in [-0.2, 0) is 4.74 Å². The van der Waals surface area contributed by atoms with E-state index in [1.54, 1.807) is 4.52 Å². The maximum atomic E-state index is 9.61. The van der Waals surface area contributed by atoms with Crippen molar-refractivity contribution in [2.75, 3.05) is 31.2 Å². The number of nitriles is 1. The third-order valence-corrected chi connectivity index (χ3v) is 3.76. The van der Waals surface area contributed by atoms with E-state index in [1.165, 1.54) is 0 Å². The number of para-hydroxylation sites is 1. The number of aromatic nitrogens is 4. The van der Waals surface area contributed by atoms with Crippen molar-refractivity contribution in [2.24, 2.45) is 0 Å². The highest BCUT2D eigenvalue weighted by Crippen LogP contribution is 2.32. The maximum Gasteiger partial charge on any atom is 0.199 e. The normalized spacial score (nSPS) is 15.5. The summed E-state index contributed by atoms with van der Waals surface area (Å²) in [6.45, 7) is 2.84. The number of nitrogens with zero attached hydrogens (tertiary/aromatic N) is 6. The number of ether oxygens (including phenoxy) is 1. The molecular weight excluding hydrogens is 268 g/mol. The van der Waals surface area contributed by atoms with Gasteiger partial charge in [0.2, 0.25) is 0 Å². The second-order valence-corrected chi connectivity index (χ2v) is 4.87. The van der Waals surface area contributed by atoms with Gasteiger partial charge in [-0.05, 0) is 16.5 Å². The predicted molar refractivity (Wildman–Crippen MR) is 76.0 cm³/mol. The molecule has 1 aromatic carbocycles. The fourth-order valence-electron chi connectivity index (χ4n) is 2.82. The van der Waals surface area contributed by atoms with Gasteiger partial charge in [-0.15, -0.1) is 5.10 Å². The number of hydrogen-bond acceptors (Lipinski definition) is 6. The van der Waals surface area contributed by atoms with E-state index in [9.17, 15) is 5.26 Å². The van der Waals surface area contributed by atoms with Crippen LogP contribution in [0.15, 0.2) is 24.3 Å². The quantitative estimate of drug-likeness (QED) is 0.661. The largest absolute Gasteiger partial charge is 0.378 e. The minimum Gasteiger partial charge on any atom is -0.378 e. The first-order chi connectivity index (χ1) is 10.4. The lowest BCUT2D eigenvalue weighted by molar-refractivity contribution is 0.123. The summed E-state index contributed by atoms with van der Waals surface area (Å²) in [5, 5.41) is 22.3. The van der Waals surface area contributed by atoms with Gasteiger partial charge < -0.3 is 9.64 Å². The molecular formula is C14H12N6O. The Labute approximate surface area is 120 Å². The van der Waals surface area contributed by atoms with Gasteiger partial charge in [-0.3, -0.25) is 0 Å². The first-order valence-electron chi connectivity index (χ1n) is 6.76. The fourth-order valence-corrected chi connectivity index (χ4v) is 2.82. The smallest absolute Gasteiger partial charge is 0.199 e. The molecule has 3 heterocycles. The molecule has 0 unspecified atom stereocenters. The zero-order valence-corrected chi connectivity index (χ0v) is 11.2. The molecule has 0 radical (unpaired) electrons. The summed E-state index contributed by atoms with van der Waals surface area (Å²) in [6, 6.07) is 10.1. The number of fused-ring (bicyclic) bond motifs is 3. The number of morpholine rings is 1. The number of tetrazole rings is 1. The van der Waals surface area contributed by atoms with Gasteiger partial charge in [-0.1, -0.05) is 18.2 Å². The highest BCUT2D eigenvalue weighted by atomic mass is 16.5. The second-order valence-electron chi connectivity index (χ2n) is 4.87. The Kier molecular flexibility index (Phi) is 2.69. The van der Waals surface area contributed by atoms with E-state index in [0.717, 1.165) is 29.7 Å². The molecule has 0 spiro atoms. The molecule has 0 aliphatic carbocycles. The minimum atomic E-state index is 0.498. The Morgan fingerprint density at radius 3 is 2.81 bits per heavy atom. The minimum absolute atomic E-state index is 0.498. The van der Waals surface area contributed by atoms with E-state index in [1.807, 2.05) is 24.3 Å². The Balaban J connectivity index is 2.11. The van der Waals surface area contributed by atoms with Crippen LogP contribution in [0.5, 0.6) is 0 Å². The van der Waals surface area contributed by atoms with Gasteiger partial charge in [0.1, 0.15) is 11.6 Å². The molecule has 1 aliphatic rings. The Bertz CT molecular complexity index is 859. The number of pyridine rings is 1. The summed E-state index contributed by atoms with van der Waals surface area (Å²) in [5.74, 6) is 0. The van der Waals surface area contributed by atoms with E-state index in [2.05, 4.69) is 26.5 Å². The molecule has 0 atom stereocenters. The first kappa shape index (κ1) is 12.1. The molecule has 0 N–H and O–H groups in total. The van der Waals surface area contributed by atoms with Gasteiger partial charge in [-0.25, -0.2) is 0 Å². The van der Waals surface area contributed by atoms with Gasteiger partial charge in [0.05, 0.1) is 24.4 Å². The lowest BCUT2D eigenvalue weighted by Gasteiger charge is -2.30. The molecule has 7 nitrogen and oxygen atoms in total. The SMILES string of the molecule is N#Cc1c(N2CCOCC2)c2ccccc2n2nnnc12. The summed E-state index contributed by atoms with van der Waals surface area (Å²) in [5.41, 5.74) is 2.81. The molecule has 1 saturated heterocycles. The van der Waals surface area contributed by atoms with Crippen LogP contribution in [-0.4, -0.2) is 46.3 Å². The van der Waals surface area contributed by atoms with Crippen LogP contribution in [0.25, 0.3) is 16.6 Å². The molecule has 7 heteroatoms. The highest BCUT2D eigenvalue weighted by molar-refractivity contribution is 5.98. The monoisotopic (exact) mass is 280 g/mol. The molecule has 2 aromatic heterocycles. The van der Waals surface area contributed by atoms with Crippen molar-refractivity contribution < 1.29 is 4.74 Å². The van der Waals surface area contributed by atoms with E-state index >= 15 is 0 Å². The summed E-state index contributed by atoms with van der Waals surface area (Å²) >= 11 is 0. The average molecular weight is 280 g/mol. The fraction of sp³-hybridized carbons (Fsp3) is 0.286. The van der Waals surface area contributed by atoms with Crippen LogP contribution in [0.2, 0.25) is 0 Å². The number of hydrogen-bond donors (Lipinski definition) is 0. The Hall–Kier alpha value is -2.72. The molecule has 1 aliphatic heterocycles. The van der Waals surface area contributed by atoms with E-state index in [4.69, 9.17) is 4.74 Å². The third kappa shape index (κ3) is 1.73. The van der Waals surface area contributed by atoms with Crippen LogP contribution in [0, 0.1) is 11.3 Å². The van der Waals surface area contributed by atoms with Crippen molar-refractivity contribution in [2.45, 2.75) is 0 Å². The topological polar surface area (TPSA) is 79.3 Å². The first-order valence-corrected chi connectivity index (χ1v) is 6.76. The van der Waals surface area contributed by atoms with Crippen LogP contribution < -0.4 is 4.90 Å². The second kappa shape index (κ2) is 4.68. The van der Waals surface area contributed by atoms with Crippen LogP contribution >= 0.6 is 0 Å². The Morgan fingerprint density at radius 1 is 1.19 bits per heavy atom. The number of benzene rings is 1. The van der Waals surface area contributed by atoms with Gasteiger partial charge >= 0.3 is 0 Å². The van der Waals surface area contributed by atoms with Gasteiger partial charge in [0.25, 0.3) is 0 Å². The lowest BCUT2D eigenvalue weighted by atomic mass is 10.1. The molecule has 0 saturated carbocycles. The van der Waals surface area contributed by atoms with Crippen LogP contribution in [0.4, 0.5) is 5.69 Å². The summed E-state index contributed by atoms with van der Waals surface area (Å²) in [7, 11) is 0. The standard InChI is InChI=1S/C14H12N6O/c15-9-11-13(19-5-7-21-8-6-19)10-3-1-2-4-12(10)20-14(11)16-17-18-20/h1-4H,5-8H2. The summed E-state index contributed by atoms with van der Waals surface area (Å²) < 4.78 is 7.03. The summed E-state index contributed by atoms with van der Waals surface area (Å²) in [6.07, 6.45) is 0.